The lowest BCUT2D eigenvalue weighted by atomic mass is 10.1. The molecule has 0 aliphatic rings. The van der Waals surface area contributed by atoms with Crippen LogP contribution >= 0.6 is 0 Å². The summed E-state index contributed by atoms with van der Waals surface area (Å²) in [5.74, 6) is 0.499. The number of amides is 1. The highest BCUT2D eigenvalue weighted by molar-refractivity contribution is 5.92. The van der Waals surface area contributed by atoms with Crippen molar-refractivity contribution in [1.29, 1.82) is 0 Å². The van der Waals surface area contributed by atoms with Gasteiger partial charge in [-0.25, -0.2) is 0 Å². The third kappa shape index (κ3) is 3.36. The molecule has 112 valence electrons. The zero-order chi connectivity index (χ0) is 15.4. The van der Waals surface area contributed by atoms with Crippen molar-refractivity contribution >= 4 is 11.7 Å². The molecule has 0 bridgehead atoms. The largest absolute Gasteiger partial charge is 0.351 e. The second-order valence-electron chi connectivity index (χ2n) is 4.87. The molecule has 2 aromatic rings. The van der Waals surface area contributed by atoms with Crippen molar-refractivity contribution in [2.75, 3.05) is 18.5 Å². The minimum Gasteiger partial charge on any atom is -0.351 e. The number of nitrogens with one attached hydrogen (secondary N) is 1. The molecule has 1 amide bonds. The Morgan fingerprint density at radius 3 is 2.71 bits per heavy atom. The molecule has 2 aromatic heterocycles. The van der Waals surface area contributed by atoms with Gasteiger partial charge in [0.15, 0.2) is 11.5 Å². The van der Waals surface area contributed by atoms with Crippen LogP contribution in [0.15, 0.2) is 24.5 Å². The number of anilines is 1. The van der Waals surface area contributed by atoms with Crippen LogP contribution in [0.25, 0.3) is 0 Å². The van der Waals surface area contributed by atoms with Crippen LogP contribution in [-0.2, 0) is 7.05 Å². The summed E-state index contributed by atoms with van der Waals surface area (Å²) in [6.45, 7) is 4.50. The molecule has 21 heavy (non-hydrogen) atoms. The highest BCUT2D eigenvalue weighted by Crippen LogP contribution is 2.22. The Morgan fingerprint density at radius 1 is 1.43 bits per heavy atom. The van der Waals surface area contributed by atoms with Gasteiger partial charge in [0.1, 0.15) is 0 Å². The second kappa shape index (κ2) is 6.34. The molecule has 0 unspecified atom stereocenters. The van der Waals surface area contributed by atoms with Crippen molar-refractivity contribution in [2.45, 2.75) is 19.9 Å². The van der Waals surface area contributed by atoms with E-state index in [0.717, 1.165) is 5.56 Å². The van der Waals surface area contributed by atoms with E-state index in [1.54, 1.807) is 16.8 Å². The molecule has 1 atom stereocenters. The van der Waals surface area contributed by atoms with Gasteiger partial charge in [0.2, 0.25) is 0 Å². The average molecular weight is 288 g/mol. The van der Waals surface area contributed by atoms with Crippen molar-refractivity contribution in [3.05, 3.63) is 35.8 Å². The van der Waals surface area contributed by atoms with Crippen molar-refractivity contribution < 1.29 is 4.79 Å². The maximum atomic E-state index is 11.6. The van der Waals surface area contributed by atoms with Gasteiger partial charge in [-0.1, -0.05) is 0 Å². The van der Waals surface area contributed by atoms with Crippen molar-refractivity contribution in [3.8, 4) is 0 Å². The number of carbonyl (C=O) groups is 1. The Labute approximate surface area is 124 Å². The Kier molecular flexibility index (Phi) is 4.52. The predicted molar refractivity (Wildman–Crippen MR) is 80.1 cm³/mol. The summed E-state index contributed by atoms with van der Waals surface area (Å²) < 4.78 is 1.77. The van der Waals surface area contributed by atoms with Crippen LogP contribution < -0.4 is 10.2 Å². The summed E-state index contributed by atoms with van der Waals surface area (Å²) in [6.07, 6.45) is 3.80. The lowest BCUT2D eigenvalue weighted by Gasteiger charge is -2.24. The summed E-state index contributed by atoms with van der Waals surface area (Å²) in [4.78, 5) is 13.6. The van der Waals surface area contributed by atoms with Gasteiger partial charge in [0, 0.05) is 32.4 Å². The van der Waals surface area contributed by atoms with E-state index in [0.29, 0.717) is 18.1 Å². The van der Waals surface area contributed by atoms with Gasteiger partial charge in [-0.05, 0) is 26.0 Å². The van der Waals surface area contributed by atoms with Crippen LogP contribution in [-0.4, -0.2) is 39.5 Å². The van der Waals surface area contributed by atoms with Gasteiger partial charge >= 0.3 is 0 Å². The van der Waals surface area contributed by atoms with Crippen LogP contribution in [0.5, 0.6) is 0 Å². The summed E-state index contributed by atoms with van der Waals surface area (Å²) in [7, 11) is 3.82. The van der Waals surface area contributed by atoms with E-state index in [1.165, 1.54) is 0 Å². The first-order valence-electron chi connectivity index (χ1n) is 6.86. The zero-order valence-corrected chi connectivity index (χ0v) is 12.7. The van der Waals surface area contributed by atoms with E-state index < -0.39 is 0 Å². The summed E-state index contributed by atoms with van der Waals surface area (Å²) in [6, 6.07) is 3.59. The first kappa shape index (κ1) is 15.0. The molecular weight excluding hydrogens is 268 g/mol. The van der Waals surface area contributed by atoms with Crippen LogP contribution in [0, 0.1) is 0 Å². The first-order chi connectivity index (χ1) is 10.0. The standard InChI is InChI=1S/C14H20N6O/c1-5-15-14(21)12-6-7-13(18-17-12)20(4)10(2)11-8-16-19(3)9-11/h6-10H,5H2,1-4H3,(H,15,21)/t10-/m1/s1. The molecule has 1 N–H and O–H groups in total. The molecule has 2 heterocycles. The number of aromatic nitrogens is 4. The Morgan fingerprint density at radius 2 is 2.19 bits per heavy atom. The number of rotatable bonds is 5. The van der Waals surface area contributed by atoms with E-state index in [4.69, 9.17) is 0 Å². The lowest BCUT2D eigenvalue weighted by molar-refractivity contribution is 0.0950. The minimum atomic E-state index is -0.209. The van der Waals surface area contributed by atoms with Crippen molar-refractivity contribution in [1.82, 2.24) is 25.3 Å². The number of carbonyl (C=O) groups excluding carboxylic acids is 1. The van der Waals surface area contributed by atoms with Gasteiger partial charge in [0.25, 0.3) is 5.91 Å². The monoisotopic (exact) mass is 288 g/mol. The van der Waals surface area contributed by atoms with Crippen LogP contribution in [0.1, 0.15) is 35.9 Å². The quantitative estimate of drug-likeness (QED) is 0.893. The molecular formula is C14H20N6O. The van der Waals surface area contributed by atoms with Gasteiger partial charge in [0.05, 0.1) is 12.2 Å². The fraction of sp³-hybridized carbons (Fsp3) is 0.429. The fourth-order valence-electron chi connectivity index (χ4n) is 1.96. The van der Waals surface area contributed by atoms with E-state index in [9.17, 15) is 4.79 Å². The van der Waals surface area contributed by atoms with E-state index in [2.05, 4.69) is 27.5 Å². The van der Waals surface area contributed by atoms with Crippen LogP contribution in [0.3, 0.4) is 0 Å². The molecule has 0 radical (unpaired) electrons. The van der Waals surface area contributed by atoms with Gasteiger partial charge < -0.3 is 10.2 Å². The molecule has 0 spiro atoms. The molecule has 7 heteroatoms. The molecule has 0 aliphatic heterocycles. The number of hydrogen-bond donors (Lipinski definition) is 1. The third-order valence-electron chi connectivity index (χ3n) is 3.37. The fourth-order valence-corrected chi connectivity index (χ4v) is 1.96. The molecule has 0 aliphatic carbocycles. The summed E-state index contributed by atoms with van der Waals surface area (Å²) in [5.41, 5.74) is 1.41. The topological polar surface area (TPSA) is 75.9 Å². The molecule has 0 saturated carbocycles. The first-order valence-corrected chi connectivity index (χ1v) is 6.86. The van der Waals surface area contributed by atoms with Crippen LogP contribution in [0.4, 0.5) is 5.82 Å². The maximum Gasteiger partial charge on any atom is 0.271 e. The molecule has 0 aromatic carbocycles. The number of nitrogens with zero attached hydrogens (tertiary/aromatic N) is 5. The molecule has 7 nitrogen and oxygen atoms in total. The summed E-state index contributed by atoms with van der Waals surface area (Å²) >= 11 is 0. The Balaban J connectivity index is 2.12. The van der Waals surface area contributed by atoms with Gasteiger partial charge in [-0.2, -0.15) is 5.10 Å². The third-order valence-corrected chi connectivity index (χ3v) is 3.37. The second-order valence-corrected chi connectivity index (χ2v) is 4.87. The summed E-state index contributed by atoms with van der Waals surface area (Å²) in [5, 5.41) is 15.0. The lowest BCUT2D eigenvalue weighted by Crippen LogP contribution is -2.26. The highest BCUT2D eigenvalue weighted by atomic mass is 16.1. The number of hydrogen-bond acceptors (Lipinski definition) is 5. The predicted octanol–water partition coefficient (Wildman–Crippen LogP) is 1.16. The number of aryl methyl sites for hydroxylation is 1. The Hall–Kier alpha value is -2.44. The zero-order valence-electron chi connectivity index (χ0n) is 12.7. The Bertz CT molecular complexity index is 606. The van der Waals surface area contributed by atoms with Crippen molar-refractivity contribution in [2.24, 2.45) is 7.05 Å². The SMILES string of the molecule is CCNC(=O)c1ccc(N(C)[C@H](C)c2cnn(C)c2)nn1. The van der Waals surface area contributed by atoms with Gasteiger partial charge in [-0.15, -0.1) is 10.2 Å². The van der Waals surface area contributed by atoms with Gasteiger partial charge in [-0.3, -0.25) is 9.48 Å². The molecule has 2 rings (SSSR count). The molecule has 0 saturated heterocycles. The van der Waals surface area contributed by atoms with Crippen LogP contribution in [0.2, 0.25) is 0 Å². The van der Waals surface area contributed by atoms with Crippen molar-refractivity contribution in [3.63, 3.8) is 0 Å². The minimum absolute atomic E-state index is 0.114. The average Bonchev–Trinajstić information content (AvgIpc) is 2.92. The highest BCUT2D eigenvalue weighted by Gasteiger charge is 2.16. The van der Waals surface area contributed by atoms with E-state index in [1.807, 2.05) is 38.3 Å². The maximum absolute atomic E-state index is 11.6. The smallest absolute Gasteiger partial charge is 0.271 e. The van der Waals surface area contributed by atoms with E-state index in [-0.39, 0.29) is 11.9 Å². The van der Waals surface area contributed by atoms with E-state index >= 15 is 0 Å². The molecule has 0 fully saturated rings. The normalized spacial score (nSPS) is 12.0.